The second-order valence-corrected chi connectivity index (χ2v) is 8.37. The van der Waals surface area contributed by atoms with E-state index in [2.05, 4.69) is 45.3 Å². The van der Waals surface area contributed by atoms with Crippen LogP contribution in [-0.2, 0) is 0 Å². The molecule has 0 amide bonds. The molecule has 3 atom stereocenters. The third-order valence-electron chi connectivity index (χ3n) is 4.65. The third kappa shape index (κ3) is 3.71. The number of rotatable bonds is 4. The standard InChI is InChI=1S/C16H32N2/c1-15(2,3)11-16(4,5)18-10-14-13-8-6-7-12(13)9-17-14/h12-14,17-18H,6-11H2,1-5H3. The zero-order valence-electron chi connectivity index (χ0n) is 13.0. The summed E-state index contributed by atoms with van der Waals surface area (Å²) in [5, 5.41) is 7.54. The van der Waals surface area contributed by atoms with Crippen molar-refractivity contribution in [2.45, 2.75) is 71.9 Å². The fraction of sp³-hybridized carbons (Fsp3) is 1.00. The van der Waals surface area contributed by atoms with Gasteiger partial charge in [-0.15, -0.1) is 0 Å². The summed E-state index contributed by atoms with van der Waals surface area (Å²) >= 11 is 0. The number of hydrogen-bond donors (Lipinski definition) is 2. The zero-order chi connectivity index (χ0) is 13.4. The van der Waals surface area contributed by atoms with Crippen LogP contribution in [0.25, 0.3) is 0 Å². The Morgan fingerprint density at radius 3 is 2.50 bits per heavy atom. The maximum Gasteiger partial charge on any atom is 0.0224 e. The van der Waals surface area contributed by atoms with Crippen LogP contribution >= 0.6 is 0 Å². The Hall–Kier alpha value is -0.0800. The van der Waals surface area contributed by atoms with Crippen LogP contribution in [0.3, 0.4) is 0 Å². The Morgan fingerprint density at radius 1 is 1.11 bits per heavy atom. The molecule has 1 heterocycles. The van der Waals surface area contributed by atoms with Gasteiger partial charge in [-0.3, -0.25) is 0 Å². The van der Waals surface area contributed by atoms with E-state index in [1.807, 2.05) is 0 Å². The van der Waals surface area contributed by atoms with Crippen molar-refractivity contribution in [2.75, 3.05) is 13.1 Å². The van der Waals surface area contributed by atoms with Crippen LogP contribution in [0, 0.1) is 17.3 Å². The van der Waals surface area contributed by atoms with Crippen molar-refractivity contribution < 1.29 is 0 Å². The van der Waals surface area contributed by atoms with Crippen molar-refractivity contribution in [3.8, 4) is 0 Å². The molecule has 18 heavy (non-hydrogen) atoms. The summed E-state index contributed by atoms with van der Waals surface area (Å²) in [6.45, 7) is 14.1. The van der Waals surface area contributed by atoms with E-state index in [0.717, 1.165) is 24.4 Å². The minimum Gasteiger partial charge on any atom is -0.312 e. The molecule has 2 heteroatoms. The third-order valence-corrected chi connectivity index (χ3v) is 4.65. The van der Waals surface area contributed by atoms with Crippen LogP contribution in [0.15, 0.2) is 0 Å². The normalized spacial score (nSPS) is 32.8. The molecule has 0 spiro atoms. The quantitative estimate of drug-likeness (QED) is 0.803. The first kappa shape index (κ1) is 14.3. The van der Waals surface area contributed by atoms with Gasteiger partial charge >= 0.3 is 0 Å². The predicted octanol–water partition coefficient (Wildman–Crippen LogP) is 3.18. The topological polar surface area (TPSA) is 24.1 Å². The van der Waals surface area contributed by atoms with E-state index in [4.69, 9.17) is 0 Å². The Labute approximate surface area is 113 Å². The second-order valence-electron chi connectivity index (χ2n) is 8.37. The SMILES string of the molecule is CC(C)(C)CC(C)(C)NCC1NCC2CCCC21. The van der Waals surface area contributed by atoms with Crippen molar-refractivity contribution >= 4 is 0 Å². The van der Waals surface area contributed by atoms with Gasteiger partial charge in [-0.2, -0.15) is 0 Å². The van der Waals surface area contributed by atoms with Crippen molar-refractivity contribution in [1.82, 2.24) is 10.6 Å². The first-order chi connectivity index (χ1) is 8.27. The van der Waals surface area contributed by atoms with Crippen LogP contribution in [-0.4, -0.2) is 24.7 Å². The summed E-state index contributed by atoms with van der Waals surface area (Å²) in [5.41, 5.74) is 0.645. The maximum absolute atomic E-state index is 3.81. The summed E-state index contributed by atoms with van der Waals surface area (Å²) in [5.74, 6) is 1.92. The van der Waals surface area contributed by atoms with Gasteiger partial charge < -0.3 is 10.6 Å². The van der Waals surface area contributed by atoms with E-state index in [9.17, 15) is 0 Å². The molecule has 3 unspecified atom stereocenters. The fourth-order valence-electron chi connectivity index (χ4n) is 4.30. The fourth-order valence-corrected chi connectivity index (χ4v) is 4.30. The highest BCUT2D eigenvalue weighted by molar-refractivity contribution is 4.96. The molecule has 106 valence electrons. The molecule has 2 aliphatic rings. The van der Waals surface area contributed by atoms with E-state index in [0.29, 0.717) is 5.41 Å². The molecule has 1 saturated heterocycles. The van der Waals surface area contributed by atoms with Crippen molar-refractivity contribution in [2.24, 2.45) is 17.3 Å². The first-order valence-electron chi connectivity index (χ1n) is 7.75. The Balaban J connectivity index is 1.80. The monoisotopic (exact) mass is 252 g/mol. The van der Waals surface area contributed by atoms with Crippen LogP contribution in [0.2, 0.25) is 0 Å². The van der Waals surface area contributed by atoms with E-state index in [1.165, 1.54) is 32.2 Å². The number of nitrogens with one attached hydrogen (secondary N) is 2. The average molecular weight is 252 g/mol. The summed E-state index contributed by atoms with van der Waals surface area (Å²) in [7, 11) is 0. The van der Waals surface area contributed by atoms with E-state index in [-0.39, 0.29) is 5.54 Å². The summed E-state index contributed by atoms with van der Waals surface area (Å²) < 4.78 is 0. The maximum atomic E-state index is 3.81. The highest BCUT2D eigenvalue weighted by atomic mass is 15.1. The average Bonchev–Trinajstić information content (AvgIpc) is 2.71. The van der Waals surface area contributed by atoms with Gasteiger partial charge in [0.05, 0.1) is 0 Å². The van der Waals surface area contributed by atoms with Gasteiger partial charge in [0, 0.05) is 18.1 Å². The minimum atomic E-state index is 0.247. The Kier molecular flexibility index (Phi) is 4.08. The lowest BCUT2D eigenvalue weighted by Crippen LogP contribution is -2.48. The Morgan fingerprint density at radius 2 is 1.83 bits per heavy atom. The van der Waals surface area contributed by atoms with Crippen molar-refractivity contribution in [1.29, 1.82) is 0 Å². The molecule has 0 radical (unpaired) electrons. The van der Waals surface area contributed by atoms with Gasteiger partial charge in [-0.1, -0.05) is 27.2 Å². The lowest BCUT2D eigenvalue weighted by atomic mass is 9.81. The van der Waals surface area contributed by atoms with Crippen LogP contribution in [0.1, 0.15) is 60.3 Å². The van der Waals surface area contributed by atoms with Crippen LogP contribution in [0.5, 0.6) is 0 Å². The molecule has 2 rings (SSSR count). The highest BCUT2D eigenvalue weighted by Gasteiger charge is 2.39. The van der Waals surface area contributed by atoms with E-state index in [1.54, 1.807) is 0 Å². The lowest BCUT2D eigenvalue weighted by Gasteiger charge is -2.35. The molecule has 2 fully saturated rings. The second kappa shape index (κ2) is 5.13. The van der Waals surface area contributed by atoms with Crippen LogP contribution < -0.4 is 10.6 Å². The Bertz CT molecular complexity index is 277. The summed E-state index contributed by atoms with van der Waals surface area (Å²) in [6.07, 6.45) is 5.59. The molecular weight excluding hydrogens is 220 g/mol. The van der Waals surface area contributed by atoms with Gasteiger partial charge in [0.1, 0.15) is 0 Å². The summed E-state index contributed by atoms with van der Waals surface area (Å²) in [6, 6.07) is 0.719. The van der Waals surface area contributed by atoms with Gasteiger partial charge in [0.25, 0.3) is 0 Å². The van der Waals surface area contributed by atoms with Gasteiger partial charge in [0.2, 0.25) is 0 Å². The summed E-state index contributed by atoms with van der Waals surface area (Å²) in [4.78, 5) is 0. The smallest absolute Gasteiger partial charge is 0.0224 e. The number of hydrogen-bond acceptors (Lipinski definition) is 2. The van der Waals surface area contributed by atoms with Gasteiger partial charge in [-0.25, -0.2) is 0 Å². The minimum absolute atomic E-state index is 0.247. The van der Waals surface area contributed by atoms with Crippen molar-refractivity contribution in [3.63, 3.8) is 0 Å². The number of fused-ring (bicyclic) bond motifs is 1. The molecule has 0 aromatic rings. The highest BCUT2D eigenvalue weighted by Crippen LogP contribution is 2.37. The zero-order valence-corrected chi connectivity index (χ0v) is 13.0. The van der Waals surface area contributed by atoms with Gasteiger partial charge in [0.15, 0.2) is 0 Å². The molecular formula is C16H32N2. The van der Waals surface area contributed by atoms with E-state index >= 15 is 0 Å². The molecule has 2 N–H and O–H groups in total. The van der Waals surface area contributed by atoms with Crippen LogP contribution in [0.4, 0.5) is 0 Å². The first-order valence-corrected chi connectivity index (χ1v) is 7.75. The molecule has 1 aliphatic heterocycles. The molecule has 0 aromatic carbocycles. The molecule has 2 nitrogen and oxygen atoms in total. The largest absolute Gasteiger partial charge is 0.312 e. The van der Waals surface area contributed by atoms with E-state index < -0.39 is 0 Å². The lowest BCUT2D eigenvalue weighted by molar-refractivity contribution is 0.230. The predicted molar refractivity (Wildman–Crippen MR) is 78.8 cm³/mol. The molecule has 0 bridgehead atoms. The molecule has 1 aliphatic carbocycles. The molecule has 1 saturated carbocycles. The van der Waals surface area contributed by atoms with Gasteiger partial charge in [-0.05, 0) is 56.9 Å². The van der Waals surface area contributed by atoms with Crippen molar-refractivity contribution in [3.05, 3.63) is 0 Å². The molecule has 0 aromatic heterocycles.